The summed E-state index contributed by atoms with van der Waals surface area (Å²) in [6, 6.07) is 1.72. The molecule has 0 atom stereocenters. The third-order valence-electron chi connectivity index (χ3n) is 2.72. The highest BCUT2D eigenvalue weighted by molar-refractivity contribution is 9.11. The van der Waals surface area contributed by atoms with Crippen LogP contribution in [0.3, 0.4) is 0 Å². The van der Waals surface area contributed by atoms with Crippen molar-refractivity contribution in [3.63, 3.8) is 0 Å². The number of nitrogens with one attached hydrogen (secondary N) is 1. The average molecular weight is 542 g/mol. The fraction of sp³-hybridized carbons (Fsp3) is 0.214. The van der Waals surface area contributed by atoms with Crippen LogP contribution in [0.1, 0.15) is 18.2 Å². The second kappa shape index (κ2) is 8.93. The third kappa shape index (κ3) is 5.01. The van der Waals surface area contributed by atoms with Gasteiger partial charge in [-0.3, -0.25) is 10.2 Å². The number of thiazole rings is 1. The summed E-state index contributed by atoms with van der Waals surface area (Å²) in [5, 5.41) is 16.3. The first-order valence-corrected chi connectivity index (χ1v) is 9.93. The molecule has 2 rings (SSSR count). The first-order chi connectivity index (χ1) is 11.4. The van der Waals surface area contributed by atoms with Gasteiger partial charge in [0.05, 0.1) is 33.9 Å². The van der Waals surface area contributed by atoms with Crippen LogP contribution in [-0.2, 0) is 16.0 Å². The highest BCUT2D eigenvalue weighted by atomic mass is 79.9. The van der Waals surface area contributed by atoms with E-state index < -0.39 is 0 Å². The van der Waals surface area contributed by atoms with Gasteiger partial charge in [0.2, 0.25) is 5.13 Å². The van der Waals surface area contributed by atoms with Crippen LogP contribution in [0.4, 0.5) is 5.13 Å². The summed E-state index contributed by atoms with van der Waals surface area (Å²) in [6.45, 7) is 2.11. The van der Waals surface area contributed by atoms with E-state index in [-0.39, 0.29) is 18.1 Å². The molecule has 0 aliphatic carbocycles. The van der Waals surface area contributed by atoms with Gasteiger partial charge < -0.3 is 9.84 Å². The number of rotatable bonds is 6. The Labute approximate surface area is 167 Å². The standard InChI is InChI=1S/C14H12Br3N3O3S/c1-2-23-11(21)3-7-6-24-14(19-7)20-18-5-8-9(15)4-10(16)13(22)12(8)17/h4-6,22H,2-3H2,1H3,(H,19,20). The molecular weight excluding hydrogens is 530 g/mol. The number of halogens is 3. The molecule has 0 fully saturated rings. The van der Waals surface area contributed by atoms with Crippen molar-refractivity contribution in [2.75, 3.05) is 12.0 Å². The maximum Gasteiger partial charge on any atom is 0.311 e. The predicted molar refractivity (Wildman–Crippen MR) is 105 cm³/mol. The lowest BCUT2D eigenvalue weighted by Crippen LogP contribution is -2.07. The number of carbonyl (C=O) groups excluding carboxylic acids is 1. The molecule has 2 N–H and O–H groups in total. The lowest BCUT2D eigenvalue weighted by Gasteiger charge is -2.06. The molecule has 0 aliphatic heterocycles. The molecule has 1 aromatic carbocycles. The highest BCUT2D eigenvalue weighted by Gasteiger charge is 2.12. The minimum atomic E-state index is -0.309. The summed E-state index contributed by atoms with van der Waals surface area (Å²) in [6.07, 6.45) is 1.68. The Kier molecular flexibility index (Phi) is 7.20. The number of hydrazone groups is 1. The van der Waals surface area contributed by atoms with Gasteiger partial charge in [-0.05, 0) is 44.8 Å². The number of hydrogen-bond donors (Lipinski definition) is 2. The predicted octanol–water partition coefficient (Wildman–Crippen LogP) is 4.69. The molecular formula is C14H12Br3N3O3S. The number of hydrogen-bond acceptors (Lipinski definition) is 7. The zero-order valence-electron chi connectivity index (χ0n) is 12.3. The van der Waals surface area contributed by atoms with Crippen molar-refractivity contribution in [1.29, 1.82) is 0 Å². The van der Waals surface area contributed by atoms with Gasteiger partial charge in [-0.1, -0.05) is 15.9 Å². The zero-order chi connectivity index (χ0) is 17.7. The molecule has 0 bridgehead atoms. The van der Waals surface area contributed by atoms with Crippen LogP contribution < -0.4 is 5.43 Å². The Hall–Kier alpha value is -0.970. The molecule has 10 heteroatoms. The Morgan fingerprint density at radius 2 is 2.21 bits per heavy atom. The second-order valence-electron chi connectivity index (χ2n) is 4.41. The van der Waals surface area contributed by atoms with Crippen molar-refractivity contribution in [3.05, 3.63) is 36.1 Å². The number of benzene rings is 1. The van der Waals surface area contributed by atoms with Crippen LogP contribution >= 0.6 is 59.1 Å². The number of phenols is 1. The molecule has 128 valence electrons. The summed E-state index contributed by atoms with van der Waals surface area (Å²) in [7, 11) is 0. The number of carbonyl (C=O) groups is 1. The van der Waals surface area contributed by atoms with Gasteiger partial charge in [-0.25, -0.2) is 4.98 Å². The number of nitrogens with zero attached hydrogens (tertiary/aromatic N) is 2. The van der Waals surface area contributed by atoms with Gasteiger partial charge in [0.25, 0.3) is 0 Å². The summed E-state index contributed by atoms with van der Waals surface area (Å²) in [5.41, 5.74) is 4.09. The van der Waals surface area contributed by atoms with E-state index in [2.05, 4.69) is 63.3 Å². The summed E-state index contributed by atoms with van der Waals surface area (Å²) < 4.78 is 6.71. The number of phenolic OH excluding ortho intramolecular Hbond substituents is 1. The molecule has 0 amide bonds. The molecule has 0 spiro atoms. The van der Waals surface area contributed by atoms with Crippen LogP contribution in [0.15, 0.2) is 30.0 Å². The van der Waals surface area contributed by atoms with Crippen molar-refractivity contribution in [2.24, 2.45) is 5.10 Å². The van der Waals surface area contributed by atoms with E-state index in [1.807, 2.05) is 0 Å². The smallest absolute Gasteiger partial charge is 0.311 e. The fourth-order valence-corrected chi connectivity index (χ4v) is 4.65. The van der Waals surface area contributed by atoms with Crippen molar-refractivity contribution in [2.45, 2.75) is 13.3 Å². The van der Waals surface area contributed by atoms with Crippen molar-refractivity contribution >= 4 is 76.4 Å². The maximum absolute atomic E-state index is 11.4. The van der Waals surface area contributed by atoms with Crippen molar-refractivity contribution in [1.82, 2.24) is 4.98 Å². The van der Waals surface area contributed by atoms with Gasteiger partial charge in [0.1, 0.15) is 5.75 Å². The van der Waals surface area contributed by atoms with E-state index in [9.17, 15) is 9.90 Å². The van der Waals surface area contributed by atoms with Crippen LogP contribution in [0, 0.1) is 0 Å². The Bertz CT molecular complexity index is 780. The van der Waals surface area contributed by atoms with E-state index in [0.29, 0.717) is 31.9 Å². The highest BCUT2D eigenvalue weighted by Crippen LogP contribution is 2.38. The van der Waals surface area contributed by atoms with Crippen LogP contribution in [0.5, 0.6) is 5.75 Å². The topological polar surface area (TPSA) is 83.8 Å². The van der Waals surface area contributed by atoms with E-state index in [1.54, 1.807) is 24.6 Å². The minimum absolute atomic E-state index is 0.0885. The number of aromatic nitrogens is 1. The van der Waals surface area contributed by atoms with E-state index >= 15 is 0 Å². The molecule has 0 aliphatic rings. The molecule has 0 saturated carbocycles. The molecule has 1 aromatic heterocycles. The van der Waals surface area contributed by atoms with Crippen molar-refractivity contribution in [3.8, 4) is 5.75 Å². The number of ether oxygens (including phenoxy) is 1. The Morgan fingerprint density at radius 3 is 2.92 bits per heavy atom. The summed E-state index contributed by atoms with van der Waals surface area (Å²) in [5.74, 6) is -0.221. The molecule has 2 aromatic rings. The molecule has 6 nitrogen and oxygen atoms in total. The molecule has 0 unspecified atom stereocenters. The van der Waals surface area contributed by atoms with Crippen molar-refractivity contribution < 1.29 is 14.6 Å². The number of aromatic hydroxyl groups is 1. The largest absolute Gasteiger partial charge is 0.506 e. The Balaban J connectivity index is 2.04. The van der Waals surface area contributed by atoms with Gasteiger partial charge in [0.15, 0.2) is 0 Å². The van der Waals surface area contributed by atoms with Gasteiger partial charge in [-0.2, -0.15) is 5.10 Å². The SMILES string of the molecule is CCOC(=O)Cc1csc(NN=Cc2c(Br)cc(Br)c(O)c2Br)n1. The molecule has 0 radical (unpaired) electrons. The molecule has 1 heterocycles. The van der Waals surface area contributed by atoms with Crippen LogP contribution in [-0.4, -0.2) is 28.9 Å². The van der Waals surface area contributed by atoms with Gasteiger partial charge in [0, 0.05) is 15.4 Å². The minimum Gasteiger partial charge on any atom is -0.506 e. The van der Waals surface area contributed by atoms with Gasteiger partial charge >= 0.3 is 5.97 Å². The lowest BCUT2D eigenvalue weighted by molar-refractivity contribution is -0.142. The van der Waals surface area contributed by atoms with E-state index in [1.165, 1.54) is 11.3 Å². The third-order valence-corrected chi connectivity index (χ3v) is 5.58. The first kappa shape index (κ1) is 19.4. The number of esters is 1. The fourth-order valence-electron chi connectivity index (χ4n) is 1.66. The summed E-state index contributed by atoms with van der Waals surface area (Å²) in [4.78, 5) is 15.7. The van der Waals surface area contributed by atoms with Crippen LogP contribution in [0.2, 0.25) is 0 Å². The number of anilines is 1. The maximum atomic E-state index is 11.4. The van der Waals surface area contributed by atoms with Gasteiger partial charge in [-0.15, -0.1) is 11.3 Å². The quantitative estimate of drug-likeness (QED) is 0.315. The van der Waals surface area contributed by atoms with E-state index in [4.69, 9.17) is 4.74 Å². The normalized spacial score (nSPS) is 11.0. The lowest BCUT2D eigenvalue weighted by atomic mass is 10.2. The van der Waals surface area contributed by atoms with Crippen LogP contribution in [0.25, 0.3) is 0 Å². The molecule has 0 saturated heterocycles. The zero-order valence-corrected chi connectivity index (χ0v) is 17.9. The Morgan fingerprint density at radius 1 is 1.46 bits per heavy atom. The second-order valence-corrected chi connectivity index (χ2v) is 7.77. The first-order valence-electron chi connectivity index (χ1n) is 6.68. The monoisotopic (exact) mass is 539 g/mol. The van der Waals surface area contributed by atoms with E-state index in [0.717, 1.165) is 4.47 Å². The summed E-state index contributed by atoms with van der Waals surface area (Å²) >= 11 is 11.3. The average Bonchev–Trinajstić information content (AvgIpc) is 2.96. The molecule has 24 heavy (non-hydrogen) atoms.